The highest BCUT2D eigenvalue weighted by Gasteiger charge is 2.22. The minimum Gasteiger partial charge on any atom is -0.368 e. The highest BCUT2D eigenvalue weighted by molar-refractivity contribution is 8.13. The minimum atomic E-state index is -0.912. The molecule has 0 spiro atoms. The molecule has 0 unspecified atom stereocenters. The van der Waals surface area contributed by atoms with Gasteiger partial charge in [-0.3, -0.25) is 19.2 Å². The number of carbonyl (C=O) groups excluding carboxylic acids is 4. The average Bonchev–Trinajstić information content (AvgIpc) is 2.70. The molecule has 28 heavy (non-hydrogen) atoms. The van der Waals surface area contributed by atoms with Crippen molar-refractivity contribution in [3.63, 3.8) is 0 Å². The molecule has 0 radical (unpaired) electrons. The van der Waals surface area contributed by atoms with Crippen molar-refractivity contribution in [1.82, 2.24) is 5.32 Å². The van der Waals surface area contributed by atoms with Crippen LogP contribution < -0.4 is 11.1 Å². The van der Waals surface area contributed by atoms with Crippen LogP contribution in [0.3, 0.4) is 0 Å². The molecule has 2 aromatic carbocycles. The van der Waals surface area contributed by atoms with Crippen LogP contribution in [-0.4, -0.2) is 34.5 Å². The molecule has 0 aliphatic carbocycles. The van der Waals surface area contributed by atoms with Crippen molar-refractivity contribution in [2.45, 2.75) is 25.8 Å². The number of hydrogen-bond donors (Lipinski definition) is 2. The second-order valence-electron chi connectivity index (χ2n) is 6.33. The number of hydrogen-bond acceptors (Lipinski definition) is 5. The summed E-state index contributed by atoms with van der Waals surface area (Å²) in [5, 5.41) is 2.24. The third-order valence-corrected chi connectivity index (χ3v) is 5.29. The highest BCUT2D eigenvalue weighted by Crippen LogP contribution is 2.24. The second-order valence-corrected chi connectivity index (χ2v) is 7.35. The van der Waals surface area contributed by atoms with E-state index in [-0.39, 0.29) is 16.7 Å². The molecule has 0 bridgehead atoms. The quantitative estimate of drug-likeness (QED) is 0.664. The zero-order valence-electron chi connectivity index (χ0n) is 15.7. The van der Waals surface area contributed by atoms with Crippen LogP contribution in [0.15, 0.2) is 54.6 Å². The third-order valence-electron chi connectivity index (χ3n) is 4.15. The smallest absolute Gasteiger partial charge is 0.240 e. The Morgan fingerprint density at radius 3 is 2.25 bits per heavy atom. The lowest BCUT2D eigenvalue weighted by molar-refractivity contribution is -0.125. The fourth-order valence-corrected chi connectivity index (χ4v) is 3.54. The van der Waals surface area contributed by atoms with Gasteiger partial charge in [-0.05, 0) is 11.6 Å². The van der Waals surface area contributed by atoms with Crippen molar-refractivity contribution >= 4 is 34.5 Å². The van der Waals surface area contributed by atoms with E-state index in [1.54, 1.807) is 55.5 Å². The number of amides is 2. The zero-order valence-corrected chi connectivity index (χ0v) is 16.5. The van der Waals surface area contributed by atoms with Gasteiger partial charge in [0.1, 0.15) is 6.04 Å². The molecule has 0 fully saturated rings. The maximum absolute atomic E-state index is 12.6. The van der Waals surface area contributed by atoms with E-state index in [0.29, 0.717) is 16.7 Å². The number of nitrogens with two attached hydrogens (primary N) is 1. The molecule has 6 nitrogen and oxygen atoms in total. The first kappa shape index (κ1) is 21.4. The van der Waals surface area contributed by atoms with Crippen LogP contribution in [0.2, 0.25) is 0 Å². The van der Waals surface area contributed by atoms with E-state index < -0.39 is 23.8 Å². The molecule has 146 valence electrons. The minimum absolute atomic E-state index is 0.0563. The van der Waals surface area contributed by atoms with Gasteiger partial charge >= 0.3 is 0 Å². The number of benzene rings is 2. The molecule has 2 atom stereocenters. The fraction of sp³-hybridized carbons (Fsp3) is 0.238. The first-order valence-electron chi connectivity index (χ1n) is 8.72. The first-order valence-corrected chi connectivity index (χ1v) is 9.71. The molecule has 0 aromatic heterocycles. The largest absolute Gasteiger partial charge is 0.368 e. The lowest BCUT2D eigenvalue weighted by Crippen LogP contribution is -2.45. The summed E-state index contributed by atoms with van der Waals surface area (Å²) in [6.45, 7) is 3.01. The number of carbonyl (C=O) groups is 4. The molecule has 2 aromatic rings. The summed E-state index contributed by atoms with van der Waals surface area (Å²) in [5.41, 5.74) is 7.03. The van der Waals surface area contributed by atoms with Gasteiger partial charge in [-0.15, -0.1) is 0 Å². The average molecular weight is 398 g/mol. The SMILES string of the molecule is CC(=O)N[C@@H](CSC(=O)[C@H](C)c1cccc(C(=O)c2ccccc2)c1)C(N)=O. The molecule has 3 N–H and O–H groups in total. The van der Waals surface area contributed by atoms with Crippen molar-refractivity contribution < 1.29 is 19.2 Å². The Bertz CT molecular complexity index is 883. The molecule has 0 aliphatic heterocycles. The molecular formula is C21H22N2O4S. The lowest BCUT2D eigenvalue weighted by Gasteiger charge is -2.15. The summed E-state index contributed by atoms with van der Waals surface area (Å²) in [5.74, 6) is -1.63. The molecule has 7 heteroatoms. The lowest BCUT2D eigenvalue weighted by atomic mass is 9.96. The third kappa shape index (κ3) is 5.79. The normalized spacial score (nSPS) is 12.6. The maximum Gasteiger partial charge on any atom is 0.240 e. The molecule has 0 saturated heterocycles. The Balaban J connectivity index is 2.08. The molecule has 2 amide bonds. The number of thioether (sulfide) groups is 1. The Labute approximate surface area is 167 Å². The van der Waals surface area contributed by atoms with Crippen molar-refractivity contribution in [1.29, 1.82) is 0 Å². The molecular weight excluding hydrogens is 376 g/mol. The van der Waals surface area contributed by atoms with Crippen LogP contribution in [0.25, 0.3) is 0 Å². The van der Waals surface area contributed by atoms with Gasteiger partial charge < -0.3 is 11.1 Å². The van der Waals surface area contributed by atoms with Crippen LogP contribution in [0.5, 0.6) is 0 Å². The Morgan fingerprint density at radius 2 is 1.64 bits per heavy atom. The van der Waals surface area contributed by atoms with Crippen molar-refractivity contribution in [2.75, 3.05) is 5.75 Å². The van der Waals surface area contributed by atoms with Crippen LogP contribution in [0.1, 0.15) is 41.3 Å². The standard InChI is InChI=1S/C21H22N2O4S/c1-13(21(27)28-12-18(20(22)26)23-14(2)24)16-9-6-10-17(11-16)19(25)15-7-4-3-5-8-15/h3-11,13,18H,12H2,1-2H3,(H2,22,26)(H,23,24)/t13-,18+/m1/s1. The first-order chi connectivity index (χ1) is 13.3. The van der Waals surface area contributed by atoms with Gasteiger partial charge in [0.2, 0.25) is 11.8 Å². The number of primary amides is 1. The van der Waals surface area contributed by atoms with Gasteiger partial charge in [-0.25, -0.2) is 0 Å². The number of ketones is 1. The van der Waals surface area contributed by atoms with Gasteiger partial charge in [0.25, 0.3) is 0 Å². The van der Waals surface area contributed by atoms with E-state index in [1.165, 1.54) is 6.92 Å². The summed E-state index contributed by atoms with van der Waals surface area (Å²) in [6.07, 6.45) is 0. The van der Waals surface area contributed by atoms with Crippen molar-refractivity contribution in [3.05, 3.63) is 71.3 Å². The van der Waals surface area contributed by atoms with Crippen LogP contribution in [0, 0.1) is 0 Å². The highest BCUT2D eigenvalue weighted by atomic mass is 32.2. The van der Waals surface area contributed by atoms with Crippen LogP contribution >= 0.6 is 11.8 Å². The molecule has 2 rings (SSSR count). The summed E-state index contributed by atoms with van der Waals surface area (Å²) in [6, 6.07) is 14.9. The molecule has 0 heterocycles. The maximum atomic E-state index is 12.6. The van der Waals surface area contributed by atoms with E-state index >= 15 is 0 Å². The summed E-state index contributed by atoms with van der Waals surface area (Å²) >= 11 is 0.929. The number of nitrogens with one attached hydrogen (secondary N) is 1. The van der Waals surface area contributed by atoms with Gasteiger partial charge in [-0.1, -0.05) is 67.2 Å². The van der Waals surface area contributed by atoms with Gasteiger partial charge in [-0.2, -0.15) is 0 Å². The van der Waals surface area contributed by atoms with E-state index in [2.05, 4.69) is 5.32 Å². The zero-order chi connectivity index (χ0) is 20.7. The monoisotopic (exact) mass is 398 g/mol. The van der Waals surface area contributed by atoms with Gasteiger partial charge in [0, 0.05) is 23.8 Å². The van der Waals surface area contributed by atoms with Crippen molar-refractivity contribution in [3.8, 4) is 0 Å². The van der Waals surface area contributed by atoms with Crippen LogP contribution in [0.4, 0.5) is 0 Å². The molecule has 0 saturated carbocycles. The summed E-state index contributed by atoms with van der Waals surface area (Å²) in [4.78, 5) is 47.6. The Kier molecular flexibility index (Phi) is 7.52. The van der Waals surface area contributed by atoms with E-state index in [0.717, 1.165) is 11.8 Å². The van der Waals surface area contributed by atoms with Gasteiger partial charge in [0.05, 0.1) is 5.92 Å². The predicted octanol–water partition coefficient (Wildman–Crippen LogP) is 2.27. The van der Waals surface area contributed by atoms with Crippen LogP contribution in [-0.2, 0) is 14.4 Å². The van der Waals surface area contributed by atoms with Gasteiger partial charge in [0.15, 0.2) is 10.9 Å². The summed E-state index contributed by atoms with van der Waals surface area (Å²) in [7, 11) is 0. The molecule has 0 aliphatic rings. The predicted molar refractivity (Wildman–Crippen MR) is 109 cm³/mol. The topological polar surface area (TPSA) is 106 Å². The van der Waals surface area contributed by atoms with E-state index in [4.69, 9.17) is 5.73 Å². The van der Waals surface area contributed by atoms with Crippen molar-refractivity contribution in [2.24, 2.45) is 5.73 Å². The van der Waals surface area contributed by atoms with E-state index in [9.17, 15) is 19.2 Å². The fourth-order valence-electron chi connectivity index (χ4n) is 2.57. The summed E-state index contributed by atoms with van der Waals surface area (Å²) < 4.78 is 0. The Hall–Kier alpha value is -2.93. The Morgan fingerprint density at radius 1 is 1.00 bits per heavy atom. The second kappa shape index (κ2) is 9.85. The number of rotatable bonds is 8. The van der Waals surface area contributed by atoms with E-state index in [1.807, 2.05) is 6.07 Å².